The van der Waals surface area contributed by atoms with Crippen LogP contribution in [0.4, 0.5) is 15.3 Å². The number of ether oxygens (including phenoxy) is 4. The van der Waals surface area contributed by atoms with Crippen molar-refractivity contribution in [3.05, 3.63) is 28.2 Å². The largest absolute Gasteiger partial charge is 0.510 e. The van der Waals surface area contributed by atoms with Crippen LogP contribution in [-0.4, -0.2) is 53.1 Å². The van der Waals surface area contributed by atoms with Gasteiger partial charge in [-0.15, -0.1) is 0 Å². The van der Waals surface area contributed by atoms with Crippen LogP contribution in [0, 0.1) is 0 Å². The minimum atomic E-state index is -1.75. The summed E-state index contributed by atoms with van der Waals surface area (Å²) in [6.45, 7) is 8.71. The number of benzene rings is 1. The van der Waals surface area contributed by atoms with E-state index in [1.807, 2.05) is 0 Å². The molecule has 2 saturated heterocycles. The molecule has 162 valence electrons. The molecule has 1 aromatic carbocycles. The van der Waals surface area contributed by atoms with Gasteiger partial charge in [0, 0.05) is 10.0 Å². The number of nitrogens with zero attached hydrogens (tertiary/aromatic N) is 1. The molecule has 2 fully saturated rings. The highest BCUT2D eigenvalue weighted by molar-refractivity contribution is 9.10. The molecule has 2 amide bonds. The van der Waals surface area contributed by atoms with Crippen molar-refractivity contribution >= 4 is 39.8 Å². The van der Waals surface area contributed by atoms with Crippen molar-refractivity contribution in [2.75, 3.05) is 11.9 Å². The molecule has 1 aromatic rings. The molecular weight excluding hydrogens is 460 g/mol. The molecule has 3 atom stereocenters. The molecular formula is C20H23BrN2O7. The summed E-state index contributed by atoms with van der Waals surface area (Å²) in [6.07, 6.45) is -2.76. The van der Waals surface area contributed by atoms with Crippen LogP contribution in [0.2, 0.25) is 0 Å². The molecule has 9 nitrogen and oxygen atoms in total. The van der Waals surface area contributed by atoms with E-state index in [1.54, 1.807) is 52.8 Å². The number of fused-ring (bicyclic) bond motifs is 2. The van der Waals surface area contributed by atoms with Gasteiger partial charge in [0.05, 0.1) is 12.3 Å². The second-order valence-electron chi connectivity index (χ2n) is 8.92. The zero-order valence-corrected chi connectivity index (χ0v) is 18.9. The molecule has 1 spiro atoms. The fraction of sp³-hybridized carbons (Fsp3) is 0.550. The SMILES string of the molecule is CC(C)(C)OC(=O)N1[C@@H]([C@H]2OC(=O)O[C@]23C(=O)Nc2c(Br)cccc23)COC1(C)C. The van der Waals surface area contributed by atoms with Crippen LogP contribution >= 0.6 is 15.9 Å². The average Bonchev–Trinajstić information content (AvgIpc) is 3.20. The molecule has 0 radical (unpaired) electrons. The highest BCUT2D eigenvalue weighted by Gasteiger charge is 2.68. The van der Waals surface area contributed by atoms with Crippen LogP contribution in [0.1, 0.15) is 40.2 Å². The van der Waals surface area contributed by atoms with Crippen LogP contribution in [0.15, 0.2) is 22.7 Å². The second kappa shape index (κ2) is 6.58. The van der Waals surface area contributed by atoms with Crippen molar-refractivity contribution in [1.82, 2.24) is 4.90 Å². The van der Waals surface area contributed by atoms with Gasteiger partial charge in [-0.2, -0.15) is 0 Å². The topological polar surface area (TPSA) is 103 Å². The summed E-state index contributed by atoms with van der Waals surface area (Å²) in [6, 6.07) is 4.37. The van der Waals surface area contributed by atoms with Crippen molar-refractivity contribution in [2.24, 2.45) is 0 Å². The molecule has 0 unspecified atom stereocenters. The molecule has 10 heteroatoms. The van der Waals surface area contributed by atoms with Crippen LogP contribution in [0.5, 0.6) is 0 Å². The van der Waals surface area contributed by atoms with E-state index >= 15 is 0 Å². The third-order valence-electron chi connectivity index (χ3n) is 5.32. The number of anilines is 1. The Morgan fingerprint density at radius 1 is 1.30 bits per heavy atom. The molecule has 1 N–H and O–H groups in total. The second-order valence-corrected chi connectivity index (χ2v) is 9.77. The van der Waals surface area contributed by atoms with E-state index in [9.17, 15) is 14.4 Å². The molecule has 3 heterocycles. The Morgan fingerprint density at radius 2 is 2.00 bits per heavy atom. The number of hydrogen-bond acceptors (Lipinski definition) is 7. The van der Waals surface area contributed by atoms with E-state index in [4.69, 9.17) is 18.9 Å². The first-order valence-electron chi connectivity index (χ1n) is 9.53. The monoisotopic (exact) mass is 482 g/mol. The van der Waals surface area contributed by atoms with E-state index in [0.717, 1.165) is 0 Å². The Morgan fingerprint density at radius 3 is 2.67 bits per heavy atom. The molecule has 30 heavy (non-hydrogen) atoms. The number of halogens is 1. The number of amides is 2. The standard InChI is InChI=1S/C20H23BrN2O7/c1-18(2,3)29-16(25)23-12(9-27-19(23,4)5)14-20(30-17(26)28-14)10-7-6-8-11(21)13(10)22-15(20)24/h6-8,12,14H,9H2,1-5H3,(H,22,24)/t12-,14-,20+/m1/s1. The number of cyclic esters (lactones) is 1. The van der Waals surface area contributed by atoms with Gasteiger partial charge in [-0.3, -0.25) is 9.69 Å². The van der Waals surface area contributed by atoms with Gasteiger partial charge in [0.15, 0.2) is 6.10 Å². The van der Waals surface area contributed by atoms with Gasteiger partial charge in [0.2, 0.25) is 0 Å². The Bertz CT molecular complexity index is 942. The highest BCUT2D eigenvalue weighted by atomic mass is 79.9. The lowest BCUT2D eigenvalue weighted by atomic mass is 9.85. The highest BCUT2D eigenvalue weighted by Crippen LogP contribution is 2.51. The number of carbonyl (C=O) groups excluding carboxylic acids is 3. The predicted octanol–water partition coefficient (Wildman–Crippen LogP) is 3.50. The fourth-order valence-corrected chi connectivity index (χ4v) is 4.61. The molecule has 3 aliphatic rings. The summed E-state index contributed by atoms with van der Waals surface area (Å²) in [5.41, 5.74) is -2.59. The third kappa shape index (κ3) is 3.04. The molecule has 4 rings (SSSR count). The van der Waals surface area contributed by atoms with Crippen LogP contribution in [0.3, 0.4) is 0 Å². The smallest absolute Gasteiger partial charge is 0.444 e. The number of hydrogen-bond donors (Lipinski definition) is 1. The van der Waals surface area contributed by atoms with Gasteiger partial charge in [-0.05, 0) is 56.6 Å². The van der Waals surface area contributed by atoms with Gasteiger partial charge in [-0.25, -0.2) is 9.59 Å². The molecule has 0 aromatic heterocycles. The molecule has 0 saturated carbocycles. The Labute approximate surface area is 182 Å². The maximum absolute atomic E-state index is 13.1. The first kappa shape index (κ1) is 20.9. The number of carbonyl (C=O) groups is 3. The molecule has 3 aliphatic heterocycles. The summed E-state index contributed by atoms with van der Waals surface area (Å²) < 4.78 is 23.0. The van der Waals surface area contributed by atoms with Crippen molar-refractivity contribution in [2.45, 2.75) is 63.7 Å². The Balaban J connectivity index is 1.79. The van der Waals surface area contributed by atoms with Crippen molar-refractivity contribution in [1.29, 1.82) is 0 Å². The first-order valence-corrected chi connectivity index (χ1v) is 10.3. The van der Waals surface area contributed by atoms with Crippen molar-refractivity contribution < 1.29 is 33.3 Å². The molecule has 0 bridgehead atoms. The number of para-hydroxylation sites is 1. The Kier molecular flexibility index (Phi) is 4.59. The normalized spacial score (nSPS) is 29.5. The summed E-state index contributed by atoms with van der Waals surface area (Å²) >= 11 is 3.40. The maximum atomic E-state index is 13.1. The van der Waals surface area contributed by atoms with E-state index < -0.39 is 47.2 Å². The zero-order chi connectivity index (χ0) is 22.1. The molecule has 0 aliphatic carbocycles. The lowest BCUT2D eigenvalue weighted by Gasteiger charge is -2.38. The van der Waals surface area contributed by atoms with Crippen molar-refractivity contribution in [3.8, 4) is 0 Å². The van der Waals surface area contributed by atoms with Gasteiger partial charge in [-0.1, -0.05) is 12.1 Å². The van der Waals surface area contributed by atoms with Gasteiger partial charge >= 0.3 is 12.2 Å². The average molecular weight is 483 g/mol. The van der Waals surface area contributed by atoms with Crippen LogP contribution in [-0.2, 0) is 29.3 Å². The van der Waals surface area contributed by atoms with E-state index in [0.29, 0.717) is 15.7 Å². The first-order chi connectivity index (χ1) is 13.9. The summed E-state index contributed by atoms with van der Waals surface area (Å²) in [5, 5.41) is 2.76. The summed E-state index contributed by atoms with van der Waals surface area (Å²) in [5.74, 6) is -0.547. The minimum Gasteiger partial charge on any atom is -0.444 e. The van der Waals surface area contributed by atoms with Gasteiger partial charge in [0.25, 0.3) is 11.5 Å². The van der Waals surface area contributed by atoms with E-state index in [1.165, 1.54) is 4.90 Å². The van der Waals surface area contributed by atoms with Gasteiger partial charge in [0.1, 0.15) is 17.4 Å². The fourth-order valence-electron chi connectivity index (χ4n) is 4.14. The van der Waals surface area contributed by atoms with E-state index in [2.05, 4.69) is 21.2 Å². The number of nitrogens with one attached hydrogen (secondary N) is 1. The van der Waals surface area contributed by atoms with E-state index in [-0.39, 0.29) is 6.61 Å². The third-order valence-corrected chi connectivity index (χ3v) is 5.98. The van der Waals surface area contributed by atoms with Crippen LogP contribution in [0.25, 0.3) is 0 Å². The van der Waals surface area contributed by atoms with Gasteiger partial charge < -0.3 is 24.3 Å². The summed E-state index contributed by atoms with van der Waals surface area (Å²) in [4.78, 5) is 39.8. The lowest BCUT2D eigenvalue weighted by Crippen LogP contribution is -2.58. The summed E-state index contributed by atoms with van der Waals surface area (Å²) in [7, 11) is 0. The van der Waals surface area contributed by atoms with Crippen molar-refractivity contribution in [3.63, 3.8) is 0 Å². The zero-order valence-electron chi connectivity index (χ0n) is 17.3. The Hall–Kier alpha value is -2.33. The quantitative estimate of drug-likeness (QED) is 0.610. The number of rotatable bonds is 1. The predicted molar refractivity (Wildman–Crippen MR) is 108 cm³/mol. The van der Waals surface area contributed by atoms with Crippen LogP contribution < -0.4 is 5.32 Å². The minimum absolute atomic E-state index is 0.0336. The maximum Gasteiger partial charge on any atom is 0.510 e. The lowest BCUT2D eigenvalue weighted by molar-refractivity contribution is -0.136.